The second-order valence-corrected chi connectivity index (χ2v) is 3.22. The Bertz CT molecular complexity index is 185. The van der Waals surface area contributed by atoms with Gasteiger partial charge in [-0.15, -0.1) is 11.6 Å². The number of amides is 2. The number of primary amides is 1. The molecule has 0 aliphatic rings. The van der Waals surface area contributed by atoms with Crippen molar-refractivity contribution < 1.29 is 9.59 Å². The molecule has 13 heavy (non-hydrogen) atoms. The largest absolute Gasteiger partial charge is 0.368 e. The fraction of sp³-hybridized carbons (Fsp3) is 0.750. The first-order valence-corrected chi connectivity index (χ1v) is 4.76. The Labute approximate surface area is 82.8 Å². The van der Waals surface area contributed by atoms with Gasteiger partial charge in [0, 0.05) is 12.3 Å². The molecule has 0 heterocycles. The molecule has 0 spiro atoms. The van der Waals surface area contributed by atoms with Gasteiger partial charge in [0.05, 0.1) is 0 Å². The summed E-state index contributed by atoms with van der Waals surface area (Å²) in [6, 6.07) is -0.594. The molecular weight excluding hydrogens is 192 g/mol. The summed E-state index contributed by atoms with van der Waals surface area (Å²) in [5.74, 6) is -0.124. The number of hydrogen-bond donors (Lipinski definition) is 2. The quantitative estimate of drug-likeness (QED) is 0.487. The van der Waals surface area contributed by atoms with Crippen molar-refractivity contribution in [1.29, 1.82) is 0 Å². The lowest BCUT2D eigenvalue weighted by molar-refractivity contribution is -0.127. The van der Waals surface area contributed by atoms with Crippen molar-refractivity contribution in [3.8, 4) is 0 Å². The van der Waals surface area contributed by atoms with E-state index in [2.05, 4.69) is 5.32 Å². The highest BCUT2D eigenvalue weighted by Crippen LogP contribution is 1.97. The Kier molecular flexibility index (Phi) is 6.32. The predicted molar refractivity (Wildman–Crippen MR) is 51.4 cm³/mol. The van der Waals surface area contributed by atoms with Crippen LogP contribution in [0.1, 0.15) is 26.2 Å². The van der Waals surface area contributed by atoms with Gasteiger partial charge in [-0.2, -0.15) is 0 Å². The summed E-state index contributed by atoms with van der Waals surface area (Å²) in [7, 11) is 0. The van der Waals surface area contributed by atoms with Crippen LogP contribution in [-0.4, -0.2) is 23.7 Å². The Balaban J connectivity index is 3.56. The summed E-state index contributed by atoms with van der Waals surface area (Å²) in [5.41, 5.74) is 4.96. The maximum Gasteiger partial charge on any atom is 0.239 e. The minimum atomic E-state index is -0.594. The van der Waals surface area contributed by atoms with Crippen LogP contribution >= 0.6 is 11.6 Å². The fourth-order valence-electron chi connectivity index (χ4n) is 0.765. The van der Waals surface area contributed by atoms with Gasteiger partial charge in [0.15, 0.2) is 0 Å². The summed E-state index contributed by atoms with van der Waals surface area (Å²) in [6.07, 6.45) is 1.94. The third-order valence-electron chi connectivity index (χ3n) is 1.59. The molecule has 0 aromatic rings. The lowest BCUT2D eigenvalue weighted by Gasteiger charge is -2.09. The molecule has 2 amide bonds. The topological polar surface area (TPSA) is 72.2 Å². The van der Waals surface area contributed by atoms with Crippen LogP contribution in [0.2, 0.25) is 0 Å². The van der Waals surface area contributed by atoms with Crippen LogP contribution in [0.25, 0.3) is 0 Å². The van der Waals surface area contributed by atoms with Crippen LogP contribution in [0.15, 0.2) is 0 Å². The zero-order chi connectivity index (χ0) is 10.3. The molecule has 0 aromatic heterocycles. The zero-order valence-electron chi connectivity index (χ0n) is 7.68. The summed E-state index contributed by atoms with van der Waals surface area (Å²) >= 11 is 5.44. The lowest BCUT2D eigenvalue weighted by atomic mass is 10.2. The summed E-state index contributed by atoms with van der Waals surface area (Å²) in [6.45, 7) is 1.56. The molecule has 3 N–H and O–H groups in total. The van der Waals surface area contributed by atoms with Crippen molar-refractivity contribution in [2.75, 3.05) is 5.88 Å². The monoisotopic (exact) mass is 206 g/mol. The van der Waals surface area contributed by atoms with E-state index >= 15 is 0 Å². The van der Waals surface area contributed by atoms with Crippen molar-refractivity contribution in [2.24, 2.45) is 5.73 Å². The Morgan fingerprint density at radius 1 is 1.46 bits per heavy atom. The Morgan fingerprint density at radius 3 is 2.54 bits per heavy atom. The number of nitrogens with one attached hydrogen (secondary N) is 1. The Morgan fingerprint density at radius 2 is 2.08 bits per heavy atom. The minimum absolute atomic E-state index is 0.156. The van der Waals surface area contributed by atoms with Gasteiger partial charge in [-0.3, -0.25) is 9.59 Å². The van der Waals surface area contributed by atoms with Gasteiger partial charge in [-0.1, -0.05) is 0 Å². The lowest BCUT2D eigenvalue weighted by Crippen LogP contribution is -2.42. The van der Waals surface area contributed by atoms with Crippen molar-refractivity contribution in [3.63, 3.8) is 0 Å². The molecular formula is C8H15ClN2O2. The highest BCUT2D eigenvalue weighted by molar-refractivity contribution is 6.17. The molecule has 0 aromatic carbocycles. The molecule has 0 fully saturated rings. The third kappa shape index (κ3) is 6.40. The summed E-state index contributed by atoms with van der Waals surface area (Å²) in [5, 5.41) is 2.48. The number of carbonyl (C=O) groups is 2. The van der Waals surface area contributed by atoms with Gasteiger partial charge < -0.3 is 11.1 Å². The van der Waals surface area contributed by atoms with E-state index in [9.17, 15) is 9.59 Å². The molecule has 0 rings (SSSR count). The molecule has 0 radical (unpaired) electrons. The molecule has 4 nitrogen and oxygen atoms in total. The fourth-order valence-corrected chi connectivity index (χ4v) is 0.954. The minimum Gasteiger partial charge on any atom is -0.368 e. The molecule has 76 valence electrons. The first-order chi connectivity index (χ1) is 6.07. The molecule has 1 unspecified atom stereocenters. The first-order valence-electron chi connectivity index (χ1n) is 4.22. The van der Waals surface area contributed by atoms with Crippen molar-refractivity contribution >= 4 is 23.4 Å². The zero-order valence-corrected chi connectivity index (χ0v) is 8.43. The predicted octanol–water partition coefficient (Wildman–Crippen LogP) is 0.386. The van der Waals surface area contributed by atoms with E-state index in [1.165, 1.54) is 0 Å². The average molecular weight is 207 g/mol. The second kappa shape index (κ2) is 6.71. The third-order valence-corrected chi connectivity index (χ3v) is 1.86. The van der Waals surface area contributed by atoms with Crippen LogP contribution in [0.5, 0.6) is 0 Å². The number of alkyl halides is 1. The normalized spacial score (nSPS) is 12.2. The van der Waals surface area contributed by atoms with E-state index in [1.54, 1.807) is 6.92 Å². The van der Waals surface area contributed by atoms with Crippen molar-refractivity contribution in [3.05, 3.63) is 0 Å². The molecule has 0 saturated carbocycles. The SMILES string of the molecule is CC(NC(=O)CCCCCl)C(N)=O. The van der Waals surface area contributed by atoms with E-state index in [0.29, 0.717) is 12.3 Å². The van der Waals surface area contributed by atoms with Gasteiger partial charge in [0.1, 0.15) is 6.04 Å². The van der Waals surface area contributed by atoms with Crippen molar-refractivity contribution in [1.82, 2.24) is 5.32 Å². The van der Waals surface area contributed by atoms with Gasteiger partial charge in [0.25, 0.3) is 0 Å². The molecule has 0 saturated heterocycles. The highest BCUT2D eigenvalue weighted by Gasteiger charge is 2.10. The van der Waals surface area contributed by atoms with Crippen LogP contribution in [0.3, 0.4) is 0 Å². The second-order valence-electron chi connectivity index (χ2n) is 2.84. The Hall–Kier alpha value is -0.770. The van der Waals surface area contributed by atoms with E-state index in [0.717, 1.165) is 12.8 Å². The van der Waals surface area contributed by atoms with Gasteiger partial charge in [0.2, 0.25) is 11.8 Å². The van der Waals surface area contributed by atoms with Crippen molar-refractivity contribution in [2.45, 2.75) is 32.2 Å². The molecule has 0 aliphatic carbocycles. The van der Waals surface area contributed by atoms with E-state index in [4.69, 9.17) is 17.3 Å². The molecule has 0 bridgehead atoms. The standard InChI is InChI=1S/C8H15ClN2O2/c1-6(8(10)13)11-7(12)4-2-3-5-9/h6H,2-5H2,1H3,(H2,10,13)(H,11,12). The van der Waals surface area contributed by atoms with E-state index < -0.39 is 11.9 Å². The molecule has 0 aliphatic heterocycles. The number of nitrogens with two attached hydrogens (primary N) is 1. The van der Waals surface area contributed by atoms with Gasteiger partial charge >= 0.3 is 0 Å². The summed E-state index contributed by atoms with van der Waals surface area (Å²) < 4.78 is 0. The first kappa shape index (κ1) is 12.2. The summed E-state index contributed by atoms with van der Waals surface area (Å²) in [4.78, 5) is 21.6. The van der Waals surface area contributed by atoms with Crippen LogP contribution in [0.4, 0.5) is 0 Å². The maximum atomic E-state index is 11.1. The number of unbranched alkanes of at least 4 members (excludes halogenated alkanes) is 1. The van der Waals surface area contributed by atoms with E-state index in [1.807, 2.05) is 0 Å². The average Bonchev–Trinajstić information content (AvgIpc) is 2.04. The number of carbonyl (C=O) groups excluding carboxylic acids is 2. The molecule has 5 heteroatoms. The van der Waals surface area contributed by atoms with Crippen LogP contribution in [-0.2, 0) is 9.59 Å². The van der Waals surface area contributed by atoms with Crippen LogP contribution in [0, 0.1) is 0 Å². The number of rotatable bonds is 6. The maximum absolute atomic E-state index is 11.1. The van der Waals surface area contributed by atoms with Crippen LogP contribution < -0.4 is 11.1 Å². The highest BCUT2D eigenvalue weighted by atomic mass is 35.5. The molecule has 1 atom stereocenters. The van der Waals surface area contributed by atoms with Gasteiger partial charge in [-0.05, 0) is 19.8 Å². The van der Waals surface area contributed by atoms with Gasteiger partial charge in [-0.25, -0.2) is 0 Å². The number of halogens is 1. The van der Waals surface area contributed by atoms with E-state index in [-0.39, 0.29) is 5.91 Å². The number of hydrogen-bond acceptors (Lipinski definition) is 2. The smallest absolute Gasteiger partial charge is 0.239 e.